The van der Waals surface area contributed by atoms with E-state index >= 15 is 0 Å². The summed E-state index contributed by atoms with van der Waals surface area (Å²) in [6.07, 6.45) is 0. The third-order valence-corrected chi connectivity index (χ3v) is 10.9. The molecule has 45 heavy (non-hydrogen) atoms. The Balaban J connectivity index is 1.28. The SMILES string of the molecule is CN(C)c1ccc(C2c3sc(=O)n(CC(=O)Nc4cccc5ccccc45)c3SC3C(=O)N(c4ccc(F)cc4)C(=O)C32)cc1. The number of benzene rings is 4. The molecule has 8 nitrogen and oxygen atoms in total. The molecule has 3 heterocycles. The van der Waals surface area contributed by atoms with Crippen LogP contribution in [0.5, 0.6) is 0 Å². The Labute approximate surface area is 266 Å². The second-order valence-corrected chi connectivity index (χ2v) is 13.3. The van der Waals surface area contributed by atoms with Crippen LogP contribution in [-0.4, -0.2) is 41.6 Å². The molecule has 5 aromatic rings. The van der Waals surface area contributed by atoms with E-state index in [2.05, 4.69) is 5.32 Å². The molecule has 0 aliphatic carbocycles. The van der Waals surface area contributed by atoms with Gasteiger partial charge in [0.25, 0.3) is 0 Å². The average Bonchev–Trinajstić information content (AvgIpc) is 3.48. The van der Waals surface area contributed by atoms with Crippen molar-refractivity contribution in [2.24, 2.45) is 5.92 Å². The van der Waals surface area contributed by atoms with Crippen molar-refractivity contribution in [3.05, 3.63) is 117 Å². The molecule has 3 atom stereocenters. The fourth-order valence-corrected chi connectivity index (χ4v) is 8.88. The summed E-state index contributed by atoms with van der Waals surface area (Å²) >= 11 is 2.14. The van der Waals surface area contributed by atoms with Crippen LogP contribution in [-0.2, 0) is 20.9 Å². The van der Waals surface area contributed by atoms with E-state index in [1.807, 2.05) is 85.7 Å². The first kappa shape index (κ1) is 29.0. The molecule has 0 bridgehead atoms. The maximum atomic E-state index is 14.0. The molecule has 2 aliphatic heterocycles. The van der Waals surface area contributed by atoms with Crippen LogP contribution in [0, 0.1) is 11.7 Å². The number of thiazole rings is 1. The Morgan fingerprint density at radius 1 is 0.889 bits per heavy atom. The number of fused-ring (bicyclic) bond motifs is 3. The Morgan fingerprint density at radius 2 is 1.60 bits per heavy atom. The molecule has 1 saturated heterocycles. The lowest BCUT2D eigenvalue weighted by molar-refractivity contribution is -0.122. The zero-order valence-corrected chi connectivity index (χ0v) is 25.9. The molecule has 3 unspecified atom stereocenters. The van der Waals surface area contributed by atoms with Gasteiger partial charge in [-0.25, -0.2) is 9.29 Å². The second-order valence-electron chi connectivity index (χ2n) is 11.2. The van der Waals surface area contributed by atoms with E-state index in [9.17, 15) is 23.6 Å². The first-order chi connectivity index (χ1) is 21.7. The molecule has 0 radical (unpaired) electrons. The maximum absolute atomic E-state index is 14.0. The molecule has 1 aromatic heterocycles. The monoisotopic (exact) mass is 638 g/mol. The molecule has 11 heteroatoms. The van der Waals surface area contributed by atoms with Gasteiger partial charge < -0.3 is 10.2 Å². The normalized spacial score (nSPS) is 19.0. The van der Waals surface area contributed by atoms with Crippen molar-refractivity contribution in [2.75, 3.05) is 29.2 Å². The quantitative estimate of drug-likeness (QED) is 0.240. The standard InChI is InChI=1S/C34H27FN4O4S2/c1-37(2)22-14-10-20(11-15-22)27-28-29(32(42)39(31(28)41)23-16-12-21(35)13-17-23)44-33-30(27)45-34(43)38(33)18-26(40)36-25-9-5-7-19-6-3-4-8-24(19)25/h3-17,27-29H,18H2,1-2H3,(H,36,40). The molecule has 226 valence electrons. The number of carbonyl (C=O) groups excluding carboxylic acids is 3. The largest absolute Gasteiger partial charge is 0.378 e. The Bertz CT molecular complexity index is 2030. The van der Waals surface area contributed by atoms with Gasteiger partial charge in [-0.2, -0.15) is 0 Å². The van der Waals surface area contributed by atoms with Gasteiger partial charge >= 0.3 is 4.87 Å². The number of halogens is 1. The number of nitrogens with zero attached hydrogens (tertiary/aromatic N) is 3. The van der Waals surface area contributed by atoms with Crippen molar-refractivity contribution in [1.29, 1.82) is 0 Å². The van der Waals surface area contributed by atoms with Gasteiger partial charge in [-0.05, 0) is 53.4 Å². The lowest BCUT2D eigenvalue weighted by atomic mass is 9.83. The van der Waals surface area contributed by atoms with Crippen LogP contribution >= 0.6 is 23.1 Å². The summed E-state index contributed by atoms with van der Waals surface area (Å²) in [5.41, 5.74) is 2.66. The lowest BCUT2D eigenvalue weighted by Crippen LogP contribution is -2.33. The molecule has 2 aliphatic rings. The molecule has 4 aromatic carbocycles. The number of carbonyl (C=O) groups is 3. The predicted molar refractivity (Wildman–Crippen MR) is 176 cm³/mol. The average molecular weight is 639 g/mol. The predicted octanol–water partition coefficient (Wildman–Crippen LogP) is 5.70. The van der Waals surface area contributed by atoms with Gasteiger partial charge in [-0.1, -0.05) is 71.6 Å². The molecule has 0 saturated carbocycles. The lowest BCUT2D eigenvalue weighted by Gasteiger charge is -2.31. The molecular weight excluding hydrogens is 612 g/mol. The molecule has 7 rings (SSSR count). The van der Waals surface area contributed by atoms with Gasteiger partial charge in [0.2, 0.25) is 17.7 Å². The summed E-state index contributed by atoms with van der Waals surface area (Å²) in [4.78, 5) is 58.2. The highest BCUT2D eigenvalue weighted by atomic mass is 32.2. The van der Waals surface area contributed by atoms with Gasteiger partial charge in [-0.3, -0.25) is 23.7 Å². The number of hydrogen-bond donors (Lipinski definition) is 1. The van der Waals surface area contributed by atoms with Gasteiger partial charge in [0, 0.05) is 41.7 Å². The van der Waals surface area contributed by atoms with Gasteiger partial charge in [0.15, 0.2) is 0 Å². The Morgan fingerprint density at radius 3 is 2.33 bits per heavy atom. The van der Waals surface area contributed by atoms with Crippen LogP contribution in [0.4, 0.5) is 21.5 Å². The highest BCUT2D eigenvalue weighted by molar-refractivity contribution is 8.00. The zero-order valence-electron chi connectivity index (χ0n) is 24.3. The van der Waals surface area contributed by atoms with Crippen LogP contribution in [0.2, 0.25) is 0 Å². The summed E-state index contributed by atoms with van der Waals surface area (Å²) in [5.74, 6) is -3.09. The fourth-order valence-electron chi connectivity index (χ4n) is 6.11. The van der Waals surface area contributed by atoms with E-state index in [1.54, 1.807) is 0 Å². The second kappa shape index (κ2) is 11.3. The summed E-state index contributed by atoms with van der Waals surface area (Å²) in [6, 6.07) is 26.3. The van der Waals surface area contributed by atoms with Crippen LogP contribution in [0.25, 0.3) is 10.8 Å². The number of rotatable bonds is 6. The van der Waals surface area contributed by atoms with Crippen molar-refractivity contribution in [2.45, 2.75) is 22.7 Å². The summed E-state index contributed by atoms with van der Waals surface area (Å²) in [5, 5.41) is 4.46. The van der Waals surface area contributed by atoms with Crippen LogP contribution in [0.15, 0.2) is 101 Å². The highest BCUT2D eigenvalue weighted by Gasteiger charge is 2.56. The van der Waals surface area contributed by atoms with E-state index in [1.165, 1.54) is 28.8 Å². The maximum Gasteiger partial charge on any atom is 0.308 e. The Kier molecular flexibility index (Phi) is 7.29. The number of hydrogen-bond acceptors (Lipinski definition) is 7. The van der Waals surface area contributed by atoms with Gasteiger partial charge in [-0.15, -0.1) is 0 Å². The molecule has 1 fully saturated rings. The number of aromatic nitrogens is 1. The number of anilines is 3. The van der Waals surface area contributed by atoms with Crippen molar-refractivity contribution in [1.82, 2.24) is 4.57 Å². The first-order valence-corrected chi connectivity index (χ1v) is 16.0. The minimum atomic E-state index is -0.838. The number of thioether (sulfide) groups is 1. The number of nitrogens with one attached hydrogen (secondary N) is 1. The number of imide groups is 1. The van der Waals surface area contributed by atoms with E-state index in [0.717, 1.165) is 50.0 Å². The minimum Gasteiger partial charge on any atom is -0.378 e. The van der Waals surface area contributed by atoms with Crippen molar-refractivity contribution >= 4 is 68.7 Å². The van der Waals surface area contributed by atoms with Gasteiger partial charge in [0.1, 0.15) is 17.6 Å². The van der Waals surface area contributed by atoms with E-state index < -0.39 is 34.7 Å². The van der Waals surface area contributed by atoms with Crippen molar-refractivity contribution < 1.29 is 18.8 Å². The third-order valence-electron chi connectivity index (χ3n) is 8.27. The molecule has 3 amide bonds. The van der Waals surface area contributed by atoms with E-state index in [-0.39, 0.29) is 17.3 Å². The summed E-state index contributed by atoms with van der Waals surface area (Å²) in [7, 11) is 3.85. The number of amides is 3. The topological polar surface area (TPSA) is 91.7 Å². The molecular formula is C34H27FN4O4S2. The molecule has 0 spiro atoms. The summed E-state index contributed by atoms with van der Waals surface area (Å²) < 4.78 is 15.1. The van der Waals surface area contributed by atoms with E-state index in [4.69, 9.17) is 0 Å². The summed E-state index contributed by atoms with van der Waals surface area (Å²) in [6.45, 7) is -0.256. The third kappa shape index (κ3) is 5.01. The van der Waals surface area contributed by atoms with Crippen LogP contribution in [0.3, 0.4) is 0 Å². The van der Waals surface area contributed by atoms with E-state index in [0.29, 0.717) is 21.3 Å². The van der Waals surface area contributed by atoms with Crippen LogP contribution in [0.1, 0.15) is 16.4 Å². The zero-order chi connectivity index (χ0) is 31.4. The van der Waals surface area contributed by atoms with Crippen molar-refractivity contribution in [3.63, 3.8) is 0 Å². The van der Waals surface area contributed by atoms with Gasteiger partial charge in [0.05, 0.1) is 16.6 Å². The smallest absolute Gasteiger partial charge is 0.308 e. The van der Waals surface area contributed by atoms with Crippen molar-refractivity contribution in [3.8, 4) is 0 Å². The minimum absolute atomic E-state index is 0.256. The molecule has 1 N–H and O–H groups in total. The first-order valence-electron chi connectivity index (χ1n) is 14.3. The van der Waals surface area contributed by atoms with Crippen LogP contribution < -0.4 is 20.0 Å². The Hall–Kier alpha value is -4.74. The fraction of sp³-hybridized carbons (Fsp3) is 0.176. The highest BCUT2D eigenvalue weighted by Crippen LogP contribution is 2.54.